The molecule has 0 radical (unpaired) electrons. The molecule has 1 aromatic carbocycles. The Morgan fingerprint density at radius 3 is 2.86 bits per heavy atom. The Balaban J connectivity index is 1.44. The van der Waals surface area contributed by atoms with Gasteiger partial charge in [0.05, 0.1) is 11.2 Å². The normalized spacial score (nSPS) is 15.6. The van der Waals surface area contributed by atoms with Crippen molar-refractivity contribution in [2.45, 2.75) is 6.54 Å². The lowest BCUT2D eigenvalue weighted by molar-refractivity contribution is 0.325. The van der Waals surface area contributed by atoms with Crippen molar-refractivity contribution >= 4 is 40.3 Å². The molecular formula is C14H12Cl2N4O. The number of oxazole rings is 1. The van der Waals surface area contributed by atoms with Crippen LogP contribution in [0, 0.1) is 5.92 Å². The van der Waals surface area contributed by atoms with Crippen molar-refractivity contribution in [2.24, 2.45) is 5.92 Å². The maximum Gasteiger partial charge on any atom is 0.298 e. The van der Waals surface area contributed by atoms with Crippen LogP contribution in [-0.4, -0.2) is 27.9 Å². The molecule has 0 bridgehead atoms. The zero-order valence-electron chi connectivity index (χ0n) is 11.0. The number of halogens is 2. The molecule has 7 heteroatoms. The second-order valence-corrected chi connectivity index (χ2v) is 6.13. The third-order valence-corrected chi connectivity index (χ3v) is 4.04. The molecule has 0 amide bonds. The number of benzene rings is 1. The quantitative estimate of drug-likeness (QED) is 0.740. The zero-order valence-corrected chi connectivity index (χ0v) is 12.6. The molecule has 4 rings (SSSR count). The van der Waals surface area contributed by atoms with Gasteiger partial charge in [0.15, 0.2) is 5.58 Å². The molecule has 0 saturated carbocycles. The fourth-order valence-electron chi connectivity index (χ4n) is 2.57. The molecular weight excluding hydrogens is 311 g/mol. The minimum atomic E-state index is 0.527. The second-order valence-electron chi connectivity index (χ2n) is 5.26. The molecule has 2 aromatic heterocycles. The summed E-state index contributed by atoms with van der Waals surface area (Å²) in [5.41, 5.74) is 1.55. The fourth-order valence-corrected chi connectivity index (χ4v) is 2.89. The average Bonchev–Trinajstić information content (AvgIpc) is 2.98. The van der Waals surface area contributed by atoms with Crippen LogP contribution in [0.1, 0.15) is 0 Å². The summed E-state index contributed by atoms with van der Waals surface area (Å²) in [7, 11) is 0. The summed E-state index contributed by atoms with van der Waals surface area (Å²) in [5.74, 6) is 0.527. The summed E-state index contributed by atoms with van der Waals surface area (Å²) in [5, 5.41) is 5.53. The van der Waals surface area contributed by atoms with Crippen LogP contribution in [0.2, 0.25) is 10.0 Å². The molecule has 0 atom stereocenters. The van der Waals surface area contributed by atoms with Gasteiger partial charge < -0.3 is 9.32 Å². The van der Waals surface area contributed by atoms with Crippen LogP contribution >= 0.6 is 23.2 Å². The highest BCUT2D eigenvalue weighted by molar-refractivity contribution is 6.31. The van der Waals surface area contributed by atoms with E-state index in [-0.39, 0.29) is 0 Å². The fraction of sp³-hybridized carbons (Fsp3) is 0.286. The predicted octanol–water partition coefficient (Wildman–Crippen LogP) is 3.47. The van der Waals surface area contributed by atoms with Crippen molar-refractivity contribution in [2.75, 3.05) is 18.0 Å². The van der Waals surface area contributed by atoms with Crippen molar-refractivity contribution in [3.8, 4) is 0 Å². The van der Waals surface area contributed by atoms with Gasteiger partial charge in [0.2, 0.25) is 0 Å². The van der Waals surface area contributed by atoms with Crippen molar-refractivity contribution in [1.82, 2.24) is 14.8 Å². The van der Waals surface area contributed by atoms with Crippen LogP contribution in [0.4, 0.5) is 6.01 Å². The van der Waals surface area contributed by atoms with E-state index in [1.54, 1.807) is 12.3 Å². The Kier molecular flexibility index (Phi) is 3.05. The molecule has 3 heterocycles. The van der Waals surface area contributed by atoms with Gasteiger partial charge in [-0.3, -0.25) is 4.68 Å². The maximum absolute atomic E-state index is 5.96. The summed E-state index contributed by atoms with van der Waals surface area (Å²) in [6.07, 6.45) is 3.49. The molecule has 108 valence electrons. The van der Waals surface area contributed by atoms with Gasteiger partial charge in [-0.25, -0.2) is 0 Å². The van der Waals surface area contributed by atoms with E-state index in [1.807, 2.05) is 23.0 Å². The third-order valence-electron chi connectivity index (χ3n) is 3.61. The predicted molar refractivity (Wildman–Crippen MR) is 82.0 cm³/mol. The van der Waals surface area contributed by atoms with Crippen molar-refractivity contribution < 1.29 is 4.42 Å². The van der Waals surface area contributed by atoms with Crippen LogP contribution in [-0.2, 0) is 6.54 Å². The maximum atomic E-state index is 5.96. The first-order chi connectivity index (χ1) is 10.2. The number of hydrogen-bond donors (Lipinski definition) is 0. The molecule has 5 nitrogen and oxygen atoms in total. The lowest BCUT2D eigenvalue weighted by Gasteiger charge is -2.37. The Hall–Kier alpha value is -1.72. The van der Waals surface area contributed by atoms with Gasteiger partial charge in [0, 0.05) is 36.8 Å². The lowest BCUT2D eigenvalue weighted by atomic mass is 10.0. The number of hydrogen-bond acceptors (Lipinski definition) is 4. The van der Waals surface area contributed by atoms with E-state index in [0.717, 1.165) is 30.7 Å². The van der Waals surface area contributed by atoms with E-state index in [0.29, 0.717) is 22.0 Å². The zero-order chi connectivity index (χ0) is 14.4. The Labute approximate surface area is 131 Å². The van der Waals surface area contributed by atoms with E-state index in [2.05, 4.69) is 15.0 Å². The van der Waals surface area contributed by atoms with E-state index in [4.69, 9.17) is 27.6 Å². The van der Waals surface area contributed by atoms with E-state index in [9.17, 15) is 0 Å². The standard InChI is InChI=1S/C14H12Cl2N4O/c15-10-1-2-13-12(3-10)18-14(21-13)19-5-9(6-19)7-20-8-11(16)4-17-20/h1-4,8-9H,5-7H2. The average molecular weight is 323 g/mol. The monoisotopic (exact) mass is 322 g/mol. The van der Waals surface area contributed by atoms with Gasteiger partial charge in [0.25, 0.3) is 6.01 Å². The number of rotatable bonds is 3. The van der Waals surface area contributed by atoms with E-state index in [1.165, 1.54) is 0 Å². The largest absolute Gasteiger partial charge is 0.423 e. The lowest BCUT2D eigenvalue weighted by Crippen LogP contribution is -2.48. The molecule has 21 heavy (non-hydrogen) atoms. The molecule has 3 aromatic rings. The van der Waals surface area contributed by atoms with Crippen molar-refractivity contribution in [1.29, 1.82) is 0 Å². The van der Waals surface area contributed by atoms with E-state index < -0.39 is 0 Å². The molecule has 0 aliphatic carbocycles. The minimum Gasteiger partial charge on any atom is -0.423 e. The molecule has 1 aliphatic rings. The van der Waals surface area contributed by atoms with Gasteiger partial charge in [-0.1, -0.05) is 23.2 Å². The topological polar surface area (TPSA) is 47.1 Å². The summed E-state index contributed by atoms with van der Waals surface area (Å²) in [4.78, 5) is 6.59. The molecule has 0 N–H and O–H groups in total. The number of fused-ring (bicyclic) bond motifs is 1. The first-order valence-corrected chi connectivity index (χ1v) is 7.42. The first kappa shape index (κ1) is 13.0. The van der Waals surface area contributed by atoms with Gasteiger partial charge in [-0.2, -0.15) is 10.1 Å². The smallest absolute Gasteiger partial charge is 0.298 e. The minimum absolute atomic E-state index is 0.527. The molecule has 1 saturated heterocycles. The molecule has 0 unspecified atom stereocenters. The Bertz CT molecular complexity index is 791. The summed E-state index contributed by atoms with van der Waals surface area (Å²) >= 11 is 11.8. The Morgan fingerprint density at radius 2 is 2.10 bits per heavy atom. The summed E-state index contributed by atoms with van der Waals surface area (Å²) < 4.78 is 7.61. The van der Waals surface area contributed by atoms with Gasteiger partial charge >= 0.3 is 0 Å². The second kappa shape index (κ2) is 4.93. The van der Waals surface area contributed by atoms with Crippen LogP contribution in [0.25, 0.3) is 11.1 Å². The van der Waals surface area contributed by atoms with E-state index >= 15 is 0 Å². The van der Waals surface area contributed by atoms with Gasteiger partial charge in [-0.15, -0.1) is 0 Å². The van der Waals surface area contributed by atoms with Crippen molar-refractivity contribution in [3.05, 3.63) is 40.6 Å². The van der Waals surface area contributed by atoms with Crippen LogP contribution < -0.4 is 4.90 Å². The van der Waals surface area contributed by atoms with Crippen LogP contribution in [0.3, 0.4) is 0 Å². The molecule has 1 fully saturated rings. The van der Waals surface area contributed by atoms with Crippen LogP contribution in [0.15, 0.2) is 35.0 Å². The van der Waals surface area contributed by atoms with Crippen molar-refractivity contribution in [3.63, 3.8) is 0 Å². The highest BCUT2D eigenvalue weighted by Gasteiger charge is 2.30. The first-order valence-electron chi connectivity index (χ1n) is 6.66. The molecule has 0 spiro atoms. The molecule has 1 aliphatic heterocycles. The number of aromatic nitrogens is 3. The third kappa shape index (κ3) is 2.47. The van der Waals surface area contributed by atoms with Gasteiger partial charge in [-0.05, 0) is 18.2 Å². The Morgan fingerprint density at radius 1 is 1.24 bits per heavy atom. The highest BCUT2D eigenvalue weighted by atomic mass is 35.5. The van der Waals surface area contributed by atoms with Crippen LogP contribution in [0.5, 0.6) is 0 Å². The van der Waals surface area contributed by atoms with Gasteiger partial charge in [0.1, 0.15) is 5.52 Å². The summed E-state index contributed by atoms with van der Waals surface area (Å²) in [6.45, 7) is 2.66. The number of anilines is 1. The SMILES string of the molecule is Clc1ccc2oc(N3CC(Cn4cc(Cl)cn4)C3)nc2c1. The number of nitrogens with zero attached hydrogens (tertiary/aromatic N) is 4. The summed E-state index contributed by atoms with van der Waals surface area (Å²) in [6, 6.07) is 6.12. The highest BCUT2D eigenvalue weighted by Crippen LogP contribution is 2.29.